The van der Waals surface area contributed by atoms with E-state index in [0.717, 1.165) is 50.5 Å². The number of nitrogens with zero attached hydrogens (tertiary/aromatic N) is 1. The van der Waals surface area contributed by atoms with E-state index in [2.05, 4.69) is 23.2 Å². The van der Waals surface area contributed by atoms with Crippen molar-refractivity contribution in [3.63, 3.8) is 0 Å². The second-order valence-electron chi connectivity index (χ2n) is 5.73. The molecule has 2 atom stereocenters. The summed E-state index contributed by atoms with van der Waals surface area (Å²) in [6.45, 7) is 6.16. The van der Waals surface area contributed by atoms with Crippen LogP contribution >= 0.6 is 0 Å². The highest BCUT2D eigenvalue weighted by atomic mass is 16.2. The number of likely N-dealkylation sites (tertiary alicyclic amines) is 1. The minimum Gasteiger partial charge on any atom is -0.338 e. The molecule has 2 fully saturated rings. The molecule has 1 N–H and O–H groups in total. The van der Waals surface area contributed by atoms with Crippen molar-refractivity contribution in [1.82, 2.24) is 10.2 Å². The number of piperidine rings is 1. The Morgan fingerprint density at radius 3 is 2.95 bits per heavy atom. The molecule has 3 rings (SSSR count). The minimum absolute atomic E-state index is 0.225. The summed E-state index contributed by atoms with van der Waals surface area (Å²) in [6.07, 6.45) is 2.07. The number of aryl methyl sites for hydroxylation is 1. The van der Waals surface area contributed by atoms with E-state index in [-0.39, 0.29) is 5.91 Å². The van der Waals surface area contributed by atoms with Gasteiger partial charge in [-0.15, -0.1) is 0 Å². The number of carbonyl (C=O) groups excluding carboxylic acids is 1. The first-order chi connectivity index (χ1) is 9.29. The Morgan fingerprint density at radius 2 is 2.11 bits per heavy atom. The zero-order valence-corrected chi connectivity index (χ0v) is 11.6. The minimum atomic E-state index is 0.225. The number of carbonyl (C=O) groups is 1. The van der Waals surface area contributed by atoms with Crippen molar-refractivity contribution < 1.29 is 4.79 Å². The lowest BCUT2D eigenvalue weighted by Crippen LogP contribution is -2.43. The highest BCUT2D eigenvalue weighted by molar-refractivity contribution is 5.95. The van der Waals surface area contributed by atoms with Crippen LogP contribution in [0.5, 0.6) is 0 Å². The fourth-order valence-corrected chi connectivity index (χ4v) is 3.43. The summed E-state index contributed by atoms with van der Waals surface area (Å²) < 4.78 is 0. The predicted octanol–water partition coefficient (Wildman–Crippen LogP) is 1.93. The molecule has 0 spiro atoms. The van der Waals surface area contributed by atoms with Gasteiger partial charge in [0.25, 0.3) is 5.91 Å². The van der Waals surface area contributed by atoms with Gasteiger partial charge in [0.15, 0.2) is 0 Å². The fourth-order valence-electron chi connectivity index (χ4n) is 3.43. The monoisotopic (exact) mass is 258 g/mol. The molecule has 2 saturated heterocycles. The van der Waals surface area contributed by atoms with Crippen molar-refractivity contribution in [3.8, 4) is 0 Å². The molecule has 102 valence electrons. The molecule has 2 heterocycles. The van der Waals surface area contributed by atoms with Gasteiger partial charge in [-0.2, -0.15) is 0 Å². The first kappa shape index (κ1) is 12.7. The van der Waals surface area contributed by atoms with Gasteiger partial charge >= 0.3 is 0 Å². The molecule has 2 aliphatic rings. The number of benzene rings is 1. The standard InChI is InChI=1S/C16H22N2O/c1-2-12-5-3-4-6-15(12)16(19)18-8-7-13-9-17-10-14(13)11-18/h3-6,13-14,17H,2,7-11H2,1H3. The second-order valence-corrected chi connectivity index (χ2v) is 5.73. The summed E-state index contributed by atoms with van der Waals surface area (Å²) in [5.41, 5.74) is 2.06. The third-order valence-electron chi connectivity index (χ3n) is 4.62. The average molecular weight is 258 g/mol. The first-order valence-corrected chi connectivity index (χ1v) is 7.37. The summed E-state index contributed by atoms with van der Waals surface area (Å²) in [6, 6.07) is 8.02. The van der Waals surface area contributed by atoms with Crippen molar-refractivity contribution in [3.05, 3.63) is 35.4 Å². The normalized spacial score (nSPS) is 26.3. The van der Waals surface area contributed by atoms with Gasteiger partial charge in [-0.25, -0.2) is 0 Å². The van der Waals surface area contributed by atoms with Gasteiger partial charge in [0.1, 0.15) is 0 Å². The molecule has 2 unspecified atom stereocenters. The zero-order chi connectivity index (χ0) is 13.2. The molecule has 0 aromatic heterocycles. The second kappa shape index (κ2) is 5.33. The van der Waals surface area contributed by atoms with Crippen molar-refractivity contribution >= 4 is 5.91 Å². The van der Waals surface area contributed by atoms with Crippen LogP contribution in [-0.4, -0.2) is 37.0 Å². The zero-order valence-electron chi connectivity index (χ0n) is 11.6. The van der Waals surface area contributed by atoms with E-state index in [1.165, 1.54) is 5.56 Å². The molecule has 0 radical (unpaired) electrons. The van der Waals surface area contributed by atoms with Crippen LogP contribution in [0.15, 0.2) is 24.3 Å². The van der Waals surface area contributed by atoms with Crippen LogP contribution in [0.4, 0.5) is 0 Å². The number of fused-ring (bicyclic) bond motifs is 1. The van der Waals surface area contributed by atoms with Crippen LogP contribution < -0.4 is 5.32 Å². The number of rotatable bonds is 2. The molecular weight excluding hydrogens is 236 g/mol. The third kappa shape index (κ3) is 2.39. The Morgan fingerprint density at radius 1 is 1.32 bits per heavy atom. The molecule has 19 heavy (non-hydrogen) atoms. The first-order valence-electron chi connectivity index (χ1n) is 7.37. The van der Waals surface area contributed by atoms with Crippen LogP contribution in [0.25, 0.3) is 0 Å². The van der Waals surface area contributed by atoms with Crippen LogP contribution in [0.3, 0.4) is 0 Å². The van der Waals surface area contributed by atoms with E-state index in [0.29, 0.717) is 5.92 Å². The highest BCUT2D eigenvalue weighted by Crippen LogP contribution is 2.27. The lowest BCUT2D eigenvalue weighted by molar-refractivity contribution is 0.0641. The smallest absolute Gasteiger partial charge is 0.254 e. The maximum atomic E-state index is 12.7. The van der Waals surface area contributed by atoms with Gasteiger partial charge in [0, 0.05) is 18.7 Å². The summed E-state index contributed by atoms with van der Waals surface area (Å²) >= 11 is 0. The SMILES string of the molecule is CCc1ccccc1C(=O)N1CCC2CNCC2C1. The molecule has 1 aromatic rings. The topological polar surface area (TPSA) is 32.3 Å². The van der Waals surface area contributed by atoms with Gasteiger partial charge in [-0.1, -0.05) is 25.1 Å². The van der Waals surface area contributed by atoms with Crippen LogP contribution in [0.1, 0.15) is 29.3 Å². The van der Waals surface area contributed by atoms with Crippen molar-refractivity contribution in [2.75, 3.05) is 26.2 Å². The van der Waals surface area contributed by atoms with E-state index in [4.69, 9.17) is 0 Å². The number of hydrogen-bond donors (Lipinski definition) is 1. The van der Waals surface area contributed by atoms with E-state index in [1.807, 2.05) is 18.2 Å². The molecule has 3 nitrogen and oxygen atoms in total. The lowest BCUT2D eigenvalue weighted by Gasteiger charge is -2.34. The predicted molar refractivity (Wildman–Crippen MR) is 76.2 cm³/mol. The summed E-state index contributed by atoms with van der Waals surface area (Å²) in [5, 5.41) is 3.45. The summed E-state index contributed by atoms with van der Waals surface area (Å²) in [5.74, 6) is 1.67. The maximum Gasteiger partial charge on any atom is 0.254 e. The van der Waals surface area contributed by atoms with Gasteiger partial charge in [-0.3, -0.25) is 4.79 Å². The van der Waals surface area contributed by atoms with E-state index >= 15 is 0 Å². The number of amides is 1. The Kier molecular flexibility index (Phi) is 3.56. The van der Waals surface area contributed by atoms with Crippen molar-refractivity contribution in [2.45, 2.75) is 19.8 Å². The Bertz CT molecular complexity index is 472. The maximum absolute atomic E-state index is 12.7. The quantitative estimate of drug-likeness (QED) is 0.879. The van der Waals surface area contributed by atoms with E-state index in [1.54, 1.807) is 0 Å². The van der Waals surface area contributed by atoms with E-state index in [9.17, 15) is 4.79 Å². The van der Waals surface area contributed by atoms with Gasteiger partial charge in [-0.05, 0) is 49.4 Å². The number of hydrogen-bond acceptors (Lipinski definition) is 2. The molecule has 3 heteroatoms. The van der Waals surface area contributed by atoms with Crippen LogP contribution in [-0.2, 0) is 6.42 Å². The molecule has 1 aromatic carbocycles. The van der Waals surface area contributed by atoms with Crippen molar-refractivity contribution in [1.29, 1.82) is 0 Å². The molecule has 0 bridgehead atoms. The van der Waals surface area contributed by atoms with Crippen molar-refractivity contribution in [2.24, 2.45) is 11.8 Å². The Hall–Kier alpha value is -1.35. The lowest BCUT2D eigenvalue weighted by atomic mass is 9.88. The van der Waals surface area contributed by atoms with E-state index < -0.39 is 0 Å². The van der Waals surface area contributed by atoms with Gasteiger partial charge in [0.2, 0.25) is 0 Å². The highest BCUT2D eigenvalue weighted by Gasteiger charge is 2.34. The van der Waals surface area contributed by atoms with Gasteiger partial charge < -0.3 is 10.2 Å². The average Bonchev–Trinajstić information content (AvgIpc) is 2.93. The molecular formula is C16H22N2O. The molecule has 1 amide bonds. The summed E-state index contributed by atoms with van der Waals surface area (Å²) in [7, 11) is 0. The molecule has 2 aliphatic heterocycles. The third-order valence-corrected chi connectivity index (χ3v) is 4.62. The van der Waals surface area contributed by atoms with Crippen LogP contribution in [0.2, 0.25) is 0 Å². The van der Waals surface area contributed by atoms with Crippen LogP contribution in [0, 0.1) is 11.8 Å². The largest absolute Gasteiger partial charge is 0.338 e. The molecule has 0 aliphatic carbocycles. The fraction of sp³-hybridized carbons (Fsp3) is 0.562. The summed E-state index contributed by atoms with van der Waals surface area (Å²) in [4.78, 5) is 14.7. The Labute approximate surface area is 115 Å². The van der Waals surface area contributed by atoms with Gasteiger partial charge in [0.05, 0.1) is 0 Å². The molecule has 0 saturated carbocycles. The Balaban J connectivity index is 1.76. The number of nitrogens with one attached hydrogen (secondary N) is 1.